The molecule has 1 amide bonds. The number of aromatic nitrogens is 1. The molecule has 0 bridgehead atoms. The average molecular weight is 482 g/mol. The monoisotopic (exact) mass is 481 g/mol. The van der Waals surface area contributed by atoms with E-state index in [4.69, 9.17) is 0 Å². The number of hydrogen-bond donors (Lipinski definition) is 1. The van der Waals surface area contributed by atoms with Crippen molar-refractivity contribution in [2.45, 2.75) is 45.6 Å². The molecule has 0 atom stereocenters. The van der Waals surface area contributed by atoms with E-state index >= 15 is 0 Å². The molecule has 2 aromatic rings. The largest absolute Gasteiger partial charge is 0.357 e. The minimum Gasteiger partial charge on any atom is -0.357 e. The van der Waals surface area contributed by atoms with Crippen molar-refractivity contribution < 1.29 is 13.2 Å². The minimum atomic E-state index is -3.18. The molecule has 1 saturated heterocycles. The molecule has 1 aromatic heterocycles. The molecule has 3 heterocycles. The first-order chi connectivity index (χ1) is 13.9. The van der Waals surface area contributed by atoms with Gasteiger partial charge in [0.25, 0.3) is 0 Å². The van der Waals surface area contributed by atoms with Gasteiger partial charge in [-0.2, -0.15) is 0 Å². The number of H-pyrrole nitrogens is 1. The second kappa shape index (κ2) is 8.40. The molecule has 1 N–H and O–H groups in total. The highest BCUT2D eigenvalue weighted by Gasteiger charge is 2.34. The summed E-state index contributed by atoms with van der Waals surface area (Å²) in [6.45, 7) is 4.25. The normalized spacial score (nSPS) is 18.9. The quantitative estimate of drug-likeness (QED) is 0.707. The molecule has 158 valence electrons. The number of halogens is 1. The molecular formula is C21H28BrN3O3S. The molecule has 0 spiro atoms. The molecule has 29 heavy (non-hydrogen) atoms. The van der Waals surface area contributed by atoms with Gasteiger partial charge in [0, 0.05) is 59.6 Å². The number of unbranched alkanes of at least 4 members (excludes halogenated alkanes) is 1. The summed E-state index contributed by atoms with van der Waals surface area (Å²) in [4.78, 5) is 18.6. The van der Waals surface area contributed by atoms with E-state index in [0.717, 1.165) is 22.8 Å². The first-order valence-electron chi connectivity index (χ1n) is 10.4. The Morgan fingerprint density at radius 1 is 1.24 bits per heavy atom. The zero-order chi connectivity index (χ0) is 20.6. The number of hydrogen-bond acceptors (Lipinski definition) is 3. The Morgan fingerprint density at radius 3 is 2.72 bits per heavy atom. The van der Waals surface area contributed by atoms with Crippen LogP contribution in [-0.2, 0) is 27.8 Å². The number of carbonyl (C=O) groups excluding carboxylic acids is 1. The Kier molecular flexibility index (Phi) is 6.04. The Bertz CT molecular complexity index is 1010. The smallest absolute Gasteiger partial charge is 0.226 e. The number of amides is 1. The number of para-hydroxylation sites is 1. The number of piperidine rings is 1. The van der Waals surface area contributed by atoms with E-state index < -0.39 is 10.0 Å². The van der Waals surface area contributed by atoms with Crippen LogP contribution >= 0.6 is 15.9 Å². The standard InChI is InChI=1S/C21H28BrN3O3S/c1-2-3-13-29(27,28)25-11-7-15(8-12-25)21(26)24-10-9-19-17(14-24)16-5-4-6-18(22)20(16)23-19/h4-6,15,23H,2-3,7-14H2,1H3. The lowest BCUT2D eigenvalue weighted by Gasteiger charge is -2.35. The molecule has 0 aliphatic carbocycles. The van der Waals surface area contributed by atoms with Crippen LogP contribution < -0.4 is 0 Å². The van der Waals surface area contributed by atoms with Crippen LogP contribution in [0.1, 0.15) is 43.9 Å². The van der Waals surface area contributed by atoms with Crippen LogP contribution in [0.5, 0.6) is 0 Å². The summed E-state index contributed by atoms with van der Waals surface area (Å²) in [6, 6.07) is 6.15. The van der Waals surface area contributed by atoms with E-state index in [9.17, 15) is 13.2 Å². The van der Waals surface area contributed by atoms with Gasteiger partial charge in [0.15, 0.2) is 0 Å². The van der Waals surface area contributed by atoms with Crippen LogP contribution in [0.4, 0.5) is 0 Å². The Balaban J connectivity index is 1.42. The molecule has 1 aromatic carbocycles. The van der Waals surface area contributed by atoms with Gasteiger partial charge < -0.3 is 9.88 Å². The van der Waals surface area contributed by atoms with E-state index in [-0.39, 0.29) is 17.6 Å². The van der Waals surface area contributed by atoms with Crippen molar-refractivity contribution in [3.63, 3.8) is 0 Å². The highest BCUT2D eigenvalue weighted by Crippen LogP contribution is 2.33. The molecule has 0 saturated carbocycles. The number of nitrogens with zero attached hydrogens (tertiary/aromatic N) is 2. The predicted octanol–water partition coefficient (Wildman–Crippen LogP) is 3.66. The maximum atomic E-state index is 13.2. The van der Waals surface area contributed by atoms with E-state index in [1.165, 1.54) is 16.6 Å². The van der Waals surface area contributed by atoms with Crippen LogP contribution in [0.15, 0.2) is 22.7 Å². The molecule has 0 radical (unpaired) electrons. The van der Waals surface area contributed by atoms with E-state index in [1.807, 2.05) is 24.0 Å². The van der Waals surface area contributed by atoms with Crippen LogP contribution in [-0.4, -0.2) is 53.9 Å². The Labute approximate surface area is 180 Å². The maximum absolute atomic E-state index is 13.2. The summed E-state index contributed by atoms with van der Waals surface area (Å²) in [7, 11) is -3.18. The van der Waals surface area contributed by atoms with Gasteiger partial charge in [-0.3, -0.25) is 4.79 Å². The molecule has 6 nitrogen and oxygen atoms in total. The van der Waals surface area contributed by atoms with Crippen LogP contribution in [0.25, 0.3) is 10.9 Å². The molecule has 2 aliphatic rings. The fraction of sp³-hybridized carbons (Fsp3) is 0.571. The lowest BCUT2D eigenvalue weighted by atomic mass is 9.95. The van der Waals surface area contributed by atoms with E-state index in [1.54, 1.807) is 4.31 Å². The number of sulfonamides is 1. The van der Waals surface area contributed by atoms with Crippen molar-refractivity contribution in [3.05, 3.63) is 33.9 Å². The van der Waals surface area contributed by atoms with Crippen LogP contribution in [0.3, 0.4) is 0 Å². The lowest BCUT2D eigenvalue weighted by molar-refractivity contribution is -0.137. The lowest BCUT2D eigenvalue weighted by Crippen LogP contribution is -2.46. The predicted molar refractivity (Wildman–Crippen MR) is 118 cm³/mol. The molecule has 0 unspecified atom stereocenters. The van der Waals surface area contributed by atoms with Gasteiger partial charge in [-0.1, -0.05) is 25.5 Å². The van der Waals surface area contributed by atoms with E-state index in [0.29, 0.717) is 45.4 Å². The molecule has 2 aliphatic heterocycles. The van der Waals surface area contributed by atoms with Crippen molar-refractivity contribution in [1.82, 2.24) is 14.2 Å². The van der Waals surface area contributed by atoms with Crippen LogP contribution in [0.2, 0.25) is 0 Å². The third kappa shape index (κ3) is 4.11. The maximum Gasteiger partial charge on any atom is 0.226 e. The highest BCUT2D eigenvalue weighted by atomic mass is 79.9. The molecule has 1 fully saturated rings. The first kappa shape index (κ1) is 20.9. The van der Waals surface area contributed by atoms with Gasteiger partial charge in [0.05, 0.1) is 11.3 Å². The van der Waals surface area contributed by atoms with Gasteiger partial charge in [-0.15, -0.1) is 0 Å². The first-order valence-corrected chi connectivity index (χ1v) is 12.9. The van der Waals surface area contributed by atoms with Gasteiger partial charge in [0.2, 0.25) is 15.9 Å². The van der Waals surface area contributed by atoms with Crippen molar-refractivity contribution in [2.24, 2.45) is 5.92 Å². The summed E-state index contributed by atoms with van der Waals surface area (Å²) in [5.74, 6) is 0.310. The number of fused-ring (bicyclic) bond motifs is 3. The average Bonchev–Trinajstić information content (AvgIpc) is 3.11. The summed E-state index contributed by atoms with van der Waals surface area (Å²) >= 11 is 3.60. The summed E-state index contributed by atoms with van der Waals surface area (Å²) in [5, 5.41) is 1.17. The third-order valence-corrected chi connectivity index (χ3v) is 8.84. The second-order valence-electron chi connectivity index (χ2n) is 8.10. The topological polar surface area (TPSA) is 73.5 Å². The van der Waals surface area contributed by atoms with Crippen molar-refractivity contribution in [2.75, 3.05) is 25.4 Å². The van der Waals surface area contributed by atoms with E-state index in [2.05, 4.69) is 27.0 Å². The number of carbonyl (C=O) groups is 1. The van der Waals surface area contributed by atoms with Gasteiger partial charge in [0.1, 0.15) is 0 Å². The number of aromatic amines is 1. The van der Waals surface area contributed by atoms with Crippen molar-refractivity contribution >= 4 is 42.8 Å². The minimum absolute atomic E-state index is 0.0777. The SMILES string of the molecule is CCCCS(=O)(=O)N1CCC(C(=O)N2CCc3[nH]c4c(Br)cccc4c3C2)CC1. The summed E-state index contributed by atoms with van der Waals surface area (Å²) in [6.07, 6.45) is 3.62. The van der Waals surface area contributed by atoms with Crippen molar-refractivity contribution in [1.29, 1.82) is 0 Å². The van der Waals surface area contributed by atoms with Gasteiger partial charge in [-0.25, -0.2) is 12.7 Å². The number of benzene rings is 1. The second-order valence-corrected chi connectivity index (χ2v) is 11.0. The highest BCUT2D eigenvalue weighted by molar-refractivity contribution is 9.10. The summed E-state index contributed by atoms with van der Waals surface area (Å²) < 4.78 is 27.4. The zero-order valence-corrected chi connectivity index (χ0v) is 19.2. The van der Waals surface area contributed by atoms with Crippen molar-refractivity contribution in [3.8, 4) is 0 Å². The number of rotatable bonds is 5. The van der Waals surface area contributed by atoms with Gasteiger partial charge >= 0.3 is 0 Å². The fourth-order valence-corrected chi connectivity index (χ4v) is 6.63. The Morgan fingerprint density at radius 2 is 2.00 bits per heavy atom. The Hall–Kier alpha value is -1.38. The number of nitrogens with one attached hydrogen (secondary N) is 1. The molecule has 8 heteroatoms. The fourth-order valence-electron chi connectivity index (χ4n) is 4.49. The van der Waals surface area contributed by atoms with Crippen LogP contribution in [0, 0.1) is 5.92 Å². The third-order valence-electron chi connectivity index (χ3n) is 6.22. The van der Waals surface area contributed by atoms with Gasteiger partial charge in [-0.05, 0) is 41.3 Å². The summed E-state index contributed by atoms with van der Waals surface area (Å²) in [5.41, 5.74) is 3.52. The molecule has 4 rings (SSSR count). The zero-order valence-electron chi connectivity index (χ0n) is 16.8. The molecular weight excluding hydrogens is 454 g/mol.